The first-order valence-electron chi connectivity index (χ1n) is 7.61. The fourth-order valence-electron chi connectivity index (χ4n) is 3.09. The van der Waals surface area contributed by atoms with Crippen LogP contribution in [0.5, 0.6) is 0 Å². The summed E-state index contributed by atoms with van der Waals surface area (Å²) in [5.41, 5.74) is 3.61. The van der Waals surface area contributed by atoms with Crippen molar-refractivity contribution in [1.82, 2.24) is 4.90 Å². The Kier molecular flexibility index (Phi) is 3.39. The van der Waals surface area contributed by atoms with Crippen LogP contribution in [0, 0.1) is 0 Å². The average Bonchev–Trinajstić information content (AvgIpc) is 2.59. The number of thiocarbonyl (C=S) groups is 1. The molecule has 2 aliphatic heterocycles. The van der Waals surface area contributed by atoms with E-state index in [9.17, 15) is 0 Å². The number of hydrogen-bond acceptors (Lipinski definition) is 2. The molecule has 110 valence electrons. The number of aliphatic imine (C=N–C) groups is 1. The second-order valence-electron chi connectivity index (χ2n) is 5.58. The van der Waals surface area contributed by atoms with E-state index in [2.05, 4.69) is 58.3 Å². The molecule has 0 unspecified atom stereocenters. The Labute approximate surface area is 135 Å². The molecule has 0 atom stereocenters. The highest BCUT2D eigenvalue weighted by Crippen LogP contribution is 2.31. The standard InChI is InChI=1S/C18H17N3S/c22-18-20-12-6-11-19-17(20)15-9-4-5-10-16(15)21(18)13-14-7-2-1-3-8-14/h1-5,7-10H,6,11-13H2. The Morgan fingerprint density at radius 2 is 1.77 bits per heavy atom. The molecule has 0 amide bonds. The summed E-state index contributed by atoms with van der Waals surface area (Å²) in [7, 11) is 0. The highest BCUT2D eigenvalue weighted by atomic mass is 32.1. The minimum atomic E-state index is 0.792. The second kappa shape index (κ2) is 5.54. The maximum absolute atomic E-state index is 5.77. The molecule has 4 rings (SSSR count). The molecular weight excluding hydrogens is 290 g/mol. The maximum atomic E-state index is 5.77. The van der Waals surface area contributed by atoms with Gasteiger partial charge in [-0.1, -0.05) is 42.5 Å². The lowest BCUT2D eigenvalue weighted by Gasteiger charge is -2.41. The highest BCUT2D eigenvalue weighted by molar-refractivity contribution is 7.80. The van der Waals surface area contributed by atoms with Crippen LogP contribution in [-0.2, 0) is 6.54 Å². The van der Waals surface area contributed by atoms with Crippen LogP contribution in [0.1, 0.15) is 17.5 Å². The molecule has 0 saturated heterocycles. The minimum absolute atomic E-state index is 0.792. The number of fused-ring (bicyclic) bond motifs is 3. The van der Waals surface area contributed by atoms with Crippen molar-refractivity contribution in [3.63, 3.8) is 0 Å². The van der Waals surface area contributed by atoms with Crippen molar-refractivity contribution in [1.29, 1.82) is 0 Å². The SMILES string of the molecule is S=C1N2CCCN=C2c2ccccc2N1Cc1ccccc1. The predicted octanol–water partition coefficient (Wildman–Crippen LogP) is 3.44. The first-order chi connectivity index (χ1) is 10.8. The summed E-state index contributed by atoms with van der Waals surface area (Å²) < 4.78 is 0. The molecule has 0 spiro atoms. The summed E-state index contributed by atoms with van der Waals surface area (Å²) >= 11 is 5.77. The highest BCUT2D eigenvalue weighted by Gasteiger charge is 2.33. The van der Waals surface area contributed by atoms with Crippen LogP contribution in [0.25, 0.3) is 0 Å². The van der Waals surface area contributed by atoms with E-state index in [1.165, 1.54) is 11.1 Å². The zero-order valence-electron chi connectivity index (χ0n) is 12.3. The van der Waals surface area contributed by atoms with Crippen molar-refractivity contribution >= 4 is 28.9 Å². The van der Waals surface area contributed by atoms with Gasteiger partial charge in [0.2, 0.25) is 0 Å². The van der Waals surface area contributed by atoms with E-state index in [0.29, 0.717) is 0 Å². The first kappa shape index (κ1) is 13.5. The number of hydrogen-bond donors (Lipinski definition) is 0. The molecule has 3 nitrogen and oxygen atoms in total. The molecule has 0 aliphatic carbocycles. The summed E-state index contributed by atoms with van der Waals surface area (Å²) in [4.78, 5) is 9.12. The molecule has 0 fully saturated rings. The molecule has 22 heavy (non-hydrogen) atoms. The van der Waals surface area contributed by atoms with Gasteiger partial charge in [0.05, 0.1) is 12.2 Å². The Morgan fingerprint density at radius 1 is 1.00 bits per heavy atom. The number of para-hydroxylation sites is 1. The molecule has 0 N–H and O–H groups in total. The van der Waals surface area contributed by atoms with Crippen LogP contribution in [0.3, 0.4) is 0 Å². The van der Waals surface area contributed by atoms with Crippen LogP contribution < -0.4 is 4.90 Å². The summed E-state index contributed by atoms with van der Waals surface area (Å²) in [5, 5.41) is 0.862. The van der Waals surface area contributed by atoms with E-state index in [0.717, 1.165) is 42.7 Å². The molecule has 0 saturated carbocycles. The summed E-state index contributed by atoms with van der Waals surface area (Å²) in [5.74, 6) is 1.04. The van der Waals surface area contributed by atoms with Crippen molar-refractivity contribution in [2.75, 3.05) is 18.0 Å². The molecule has 2 aromatic carbocycles. The van der Waals surface area contributed by atoms with Crippen molar-refractivity contribution in [3.05, 3.63) is 65.7 Å². The monoisotopic (exact) mass is 307 g/mol. The van der Waals surface area contributed by atoms with Crippen molar-refractivity contribution in [3.8, 4) is 0 Å². The topological polar surface area (TPSA) is 18.8 Å². The fraction of sp³-hybridized carbons (Fsp3) is 0.222. The Morgan fingerprint density at radius 3 is 2.64 bits per heavy atom. The summed E-state index contributed by atoms with van der Waals surface area (Å²) in [6, 6.07) is 18.9. The largest absolute Gasteiger partial charge is 0.313 e. The third-order valence-corrected chi connectivity index (χ3v) is 4.58. The predicted molar refractivity (Wildman–Crippen MR) is 94.4 cm³/mol. The molecule has 0 radical (unpaired) electrons. The van der Waals surface area contributed by atoms with E-state index in [1.54, 1.807) is 0 Å². The van der Waals surface area contributed by atoms with E-state index >= 15 is 0 Å². The Hall–Kier alpha value is -2.20. The molecule has 0 bridgehead atoms. The van der Waals surface area contributed by atoms with E-state index in [-0.39, 0.29) is 0 Å². The van der Waals surface area contributed by atoms with Crippen LogP contribution in [0.4, 0.5) is 5.69 Å². The zero-order chi connectivity index (χ0) is 14.9. The van der Waals surface area contributed by atoms with Crippen LogP contribution in [0.2, 0.25) is 0 Å². The maximum Gasteiger partial charge on any atom is 0.182 e. The molecule has 4 heteroatoms. The lowest BCUT2D eigenvalue weighted by Crippen LogP contribution is -2.52. The molecular formula is C18H17N3S. The average molecular weight is 307 g/mol. The van der Waals surface area contributed by atoms with Gasteiger partial charge in [0, 0.05) is 18.7 Å². The van der Waals surface area contributed by atoms with E-state index in [1.807, 2.05) is 6.07 Å². The Bertz CT molecular complexity index is 739. The van der Waals surface area contributed by atoms with Crippen LogP contribution in [-0.4, -0.2) is 28.9 Å². The van der Waals surface area contributed by atoms with Gasteiger partial charge in [-0.3, -0.25) is 4.99 Å². The van der Waals surface area contributed by atoms with E-state index < -0.39 is 0 Å². The minimum Gasteiger partial charge on any atom is -0.313 e. The van der Waals surface area contributed by atoms with Crippen LogP contribution in [0.15, 0.2) is 59.6 Å². The smallest absolute Gasteiger partial charge is 0.182 e. The molecule has 2 aliphatic rings. The number of amidine groups is 1. The van der Waals surface area contributed by atoms with Gasteiger partial charge in [0.25, 0.3) is 0 Å². The molecule has 0 aromatic heterocycles. The van der Waals surface area contributed by atoms with Crippen molar-refractivity contribution in [2.45, 2.75) is 13.0 Å². The first-order valence-corrected chi connectivity index (χ1v) is 8.02. The van der Waals surface area contributed by atoms with Gasteiger partial charge < -0.3 is 9.80 Å². The molecule has 2 heterocycles. The van der Waals surface area contributed by atoms with Gasteiger partial charge in [-0.05, 0) is 36.3 Å². The number of nitrogens with zero attached hydrogens (tertiary/aromatic N) is 3. The summed E-state index contributed by atoms with van der Waals surface area (Å²) in [6.07, 6.45) is 1.06. The normalized spacial score (nSPS) is 16.9. The van der Waals surface area contributed by atoms with Gasteiger partial charge in [0.15, 0.2) is 5.11 Å². The number of rotatable bonds is 2. The van der Waals surface area contributed by atoms with Crippen LogP contribution >= 0.6 is 12.2 Å². The lowest BCUT2D eigenvalue weighted by molar-refractivity contribution is 0.540. The third kappa shape index (κ3) is 2.20. The second-order valence-corrected chi connectivity index (χ2v) is 5.95. The van der Waals surface area contributed by atoms with Gasteiger partial charge in [-0.15, -0.1) is 0 Å². The quantitative estimate of drug-likeness (QED) is 0.792. The molecule has 2 aromatic rings. The van der Waals surface area contributed by atoms with Gasteiger partial charge in [0.1, 0.15) is 5.84 Å². The fourth-order valence-corrected chi connectivity index (χ4v) is 3.43. The van der Waals surface area contributed by atoms with Gasteiger partial charge >= 0.3 is 0 Å². The van der Waals surface area contributed by atoms with Gasteiger partial charge in [-0.2, -0.15) is 0 Å². The van der Waals surface area contributed by atoms with Crippen molar-refractivity contribution < 1.29 is 0 Å². The van der Waals surface area contributed by atoms with Gasteiger partial charge in [-0.25, -0.2) is 0 Å². The summed E-state index contributed by atoms with van der Waals surface area (Å²) in [6.45, 7) is 2.64. The van der Waals surface area contributed by atoms with Crippen molar-refractivity contribution in [2.24, 2.45) is 4.99 Å². The lowest BCUT2D eigenvalue weighted by atomic mass is 10.1. The number of anilines is 1. The van der Waals surface area contributed by atoms with E-state index in [4.69, 9.17) is 17.2 Å². The zero-order valence-corrected chi connectivity index (χ0v) is 13.1. The third-order valence-electron chi connectivity index (χ3n) is 4.14. The Balaban J connectivity index is 1.79. The number of benzene rings is 2.